The van der Waals surface area contributed by atoms with Gasteiger partial charge in [0.15, 0.2) is 0 Å². The molecule has 0 bridgehead atoms. The fourth-order valence-electron chi connectivity index (χ4n) is 1.30. The third-order valence-electron chi connectivity index (χ3n) is 2.01. The second-order valence-corrected chi connectivity index (χ2v) is 3.03. The number of aromatic nitrogens is 1. The number of pyridine rings is 1. The Hall–Kier alpha value is -1.75. The van der Waals surface area contributed by atoms with Crippen LogP contribution in [0.5, 0.6) is 0 Å². The number of hydrogen-bond donors (Lipinski definition) is 1. The molecule has 0 unspecified atom stereocenters. The van der Waals surface area contributed by atoms with E-state index in [1.807, 2.05) is 0 Å². The van der Waals surface area contributed by atoms with Crippen LogP contribution in [-0.4, -0.2) is 4.98 Å². The van der Waals surface area contributed by atoms with Crippen LogP contribution in [0.4, 0.5) is 22.0 Å². The Labute approximate surface area is 92.7 Å². The van der Waals surface area contributed by atoms with Crippen molar-refractivity contribution in [3.63, 3.8) is 0 Å². The molecule has 0 saturated carbocycles. The molecule has 0 saturated heterocycles. The van der Waals surface area contributed by atoms with Crippen LogP contribution in [0.1, 0.15) is 28.8 Å². The maximum atomic E-state index is 12.6. The molecular weight excluding hydrogens is 245 g/mol. The van der Waals surface area contributed by atoms with E-state index in [1.165, 1.54) is 6.07 Å². The van der Waals surface area contributed by atoms with Crippen molar-refractivity contribution in [2.45, 2.75) is 19.1 Å². The Morgan fingerprint density at radius 1 is 1.41 bits per heavy atom. The quantitative estimate of drug-likeness (QED) is 0.820. The predicted octanol–water partition coefficient (Wildman–Crippen LogP) is 2.37. The first kappa shape index (κ1) is 13.3. The van der Waals surface area contributed by atoms with Gasteiger partial charge >= 0.3 is 6.18 Å². The van der Waals surface area contributed by atoms with E-state index in [0.717, 1.165) is 6.20 Å². The van der Waals surface area contributed by atoms with Crippen molar-refractivity contribution in [3.05, 3.63) is 28.6 Å². The largest absolute Gasteiger partial charge is 0.419 e. The molecule has 17 heavy (non-hydrogen) atoms. The molecule has 92 valence electrons. The molecule has 0 spiro atoms. The zero-order valence-electron chi connectivity index (χ0n) is 8.22. The summed E-state index contributed by atoms with van der Waals surface area (Å²) in [5.41, 5.74) is 0.840. The maximum Gasteiger partial charge on any atom is 0.419 e. The van der Waals surface area contributed by atoms with E-state index in [9.17, 15) is 22.0 Å². The summed E-state index contributed by atoms with van der Waals surface area (Å²) in [6.45, 7) is -0.386. The Morgan fingerprint density at radius 2 is 2.00 bits per heavy atom. The van der Waals surface area contributed by atoms with Gasteiger partial charge in [-0.1, -0.05) is 0 Å². The Balaban J connectivity index is 3.64. The highest BCUT2D eigenvalue weighted by Crippen LogP contribution is 2.38. The topological polar surface area (TPSA) is 62.7 Å². The van der Waals surface area contributed by atoms with Crippen molar-refractivity contribution in [2.75, 3.05) is 0 Å². The lowest BCUT2D eigenvalue weighted by atomic mass is 10.0. The van der Waals surface area contributed by atoms with Crippen LogP contribution in [0.25, 0.3) is 0 Å². The molecule has 8 heteroatoms. The SMILES string of the molecule is N#Cc1c(CN)cnc(C(F)F)c1C(F)(F)F. The second-order valence-electron chi connectivity index (χ2n) is 3.03. The monoisotopic (exact) mass is 251 g/mol. The van der Waals surface area contributed by atoms with Gasteiger partial charge in [0.2, 0.25) is 0 Å². The predicted molar refractivity (Wildman–Crippen MR) is 46.8 cm³/mol. The van der Waals surface area contributed by atoms with Gasteiger partial charge in [0.05, 0.1) is 5.56 Å². The Bertz CT molecular complexity index is 461. The van der Waals surface area contributed by atoms with E-state index in [2.05, 4.69) is 4.98 Å². The summed E-state index contributed by atoms with van der Waals surface area (Å²) in [6, 6.07) is 1.24. The van der Waals surface area contributed by atoms with Gasteiger partial charge in [0.1, 0.15) is 17.3 Å². The minimum atomic E-state index is -5.07. The van der Waals surface area contributed by atoms with Crippen molar-refractivity contribution >= 4 is 0 Å². The molecular formula is C9H6F5N3. The first-order chi connectivity index (χ1) is 7.82. The average Bonchev–Trinajstić information content (AvgIpc) is 2.25. The van der Waals surface area contributed by atoms with Gasteiger partial charge in [-0.15, -0.1) is 0 Å². The second kappa shape index (κ2) is 4.63. The summed E-state index contributed by atoms with van der Waals surface area (Å²) in [5, 5.41) is 8.62. The highest BCUT2D eigenvalue weighted by Gasteiger charge is 2.40. The molecule has 1 heterocycles. The summed E-state index contributed by atoms with van der Waals surface area (Å²) >= 11 is 0. The van der Waals surface area contributed by atoms with Gasteiger partial charge in [0.25, 0.3) is 6.43 Å². The molecule has 0 fully saturated rings. The molecule has 0 atom stereocenters. The molecule has 0 aromatic carbocycles. The molecule has 0 aliphatic rings. The minimum Gasteiger partial charge on any atom is -0.326 e. The number of hydrogen-bond acceptors (Lipinski definition) is 3. The molecule has 1 rings (SSSR count). The van der Waals surface area contributed by atoms with Gasteiger partial charge in [-0.05, 0) is 0 Å². The number of halogens is 5. The van der Waals surface area contributed by atoms with Crippen molar-refractivity contribution < 1.29 is 22.0 Å². The average molecular weight is 251 g/mol. The number of nitrogens with zero attached hydrogens (tertiary/aromatic N) is 2. The smallest absolute Gasteiger partial charge is 0.326 e. The highest BCUT2D eigenvalue weighted by molar-refractivity contribution is 5.47. The number of rotatable bonds is 2. The molecule has 1 aromatic heterocycles. The van der Waals surface area contributed by atoms with Crippen LogP contribution in [0, 0.1) is 11.3 Å². The summed E-state index contributed by atoms with van der Waals surface area (Å²) in [4.78, 5) is 3.02. The van der Waals surface area contributed by atoms with Gasteiger partial charge in [0, 0.05) is 18.3 Å². The van der Waals surface area contributed by atoms with E-state index in [4.69, 9.17) is 11.0 Å². The number of nitriles is 1. The third-order valence-corrected chi connectivity index (χ3v) is 2.01. The molecule has 0 aliphatic carbocycles. The lowest BCUT2D eigenvalue weighted by molar-refractivity contribution is -0.140. The molecule has 2 N–H and O–H groups in total. The van der Waals surface area contributed by atoms with Gasteiger partial charge < -0.3 is 5.73 Å². The van der Waals surface area contributed by atoms with Crippen molar-refractivity contribution in [3.8, 4) is 6.07 Å². The Morgan fingerprint density at radius 3 is 2.35 bits per heavy atom. The molecule has 0 radical (unpaired) electrons. The first-order valence-electron chi connectivity index (χ1n) is 4.30. The molecule has 3 nitrogen and oxygen atoms in total. The van der Waals surface area contributed by atoms with E-state index in [0.29, 0.717) is 0 Å². The summed E-state index contributed by atoms with van der Waals surface area (Å²) in [5.74, 6) is 0. The first-order valence-corrected chi connectivity index (χ1v) is 4.30. The zero-order chi connectivity index (χ0) is 13.2. The van der Waals surface area contributed by atoms with E-state index >= 15 is 0 Å². The minimum absolute atomic E-state index is 0.218. The zero-order valence-corrected chi connectivity index (χ0v) is 8.22. The lowest BCUT2D eigenvalue weighted by Crippen LogP contribution is -2.17. The Kier molecular flexibility index (Phi) is 3.63. The summed E-state index contributed by atoms with van der Waals surface area (Å²) in [6.07, 6.45) is -7.73. The normalized spacial score (nSPS) is 11.6. The standard InChI is InChI=1S/C9H6F5N3/c10-8(11)7-6(9(12,13)14)5(2-16)4(1-15)3-17-7/h3,8H,1,15H2. The van der Waals surface area contributed by atoms with Gasteiger partial charge in [-0.25, -0.2) is 8.78 Å². The van der Waals surface area contributed by atoms with Crippen molar-refractivity contribution in [2.24, 2.45) is 5.73 Å². The number of alkyl halides is 5. The van der Waals surface area contributed by atoms with Crippen LogP contribution in [0.2, 0.25) is 0 Å². The molecule has 1 aromatic rings. The maximum absolute atomic E-state index is 12.6. The van der Waals surface area contributed by atoms with Crippen molar-refractivity contribution in [1.29, 1.82) is 5.26 Å². The van der Waals surface area contributed by atoms with E-state index in [-0.39, 0.29) is 12.1 Å². The fourth-order valence-corrected chi connectivity index (χ4v) is 1.30. The van der Waals surface area contributed by atoms with Crippen LogP contribution in [0.3, 0.4) is 0 Å². The summed E-state index contributed by atoms with van der Waals surface area (Å²) < 4.78 is 62.6. The van der Waals surface area contributed by atoms with Crippen molar-refractivity contribution in [1.82, 2.24) is 4.98 Å². The van der Waals surface area contributed by atoms with Crippen LogP contribution in [-0.2, 0) is 12.7 Å². The third kappa shape index (κ3) is 2.50. The van der Waals surface area contributed by atoms with Gasteiger partial charge in [-0.3, -0.25) is 4.98 Å². The number of nitrogens with two attached hydrogens (primary N) is 1. The summed E-state index contributed by atoms with van der Waals surface area (Å²) in [7, 11) is 0. The van der Waals surface area contributed by atoms with Crippen LogP contribution < -0.4 is 5.73 Å². The molecule has 0 aliphatic heterocycles. The van der Waals surface area contributed by atoms with E-state index < -0.39 is 29.4 Å². The van der Waals surface area contributed by atoms with Crippen LogP contribution >= 0.6 is 0 Å². The molecule has 0 amide bonds. The van der Waals surface area contributed by atoms with Gasteiger partial charge in [-0.2, -0.15) is 18.4 Å². The lowest BCUT2D eigenvalue weighted by Gasteiger charge is -2.15. The van der Waals surface area contributed by atoms with E-state index in [1.54, 1.807) is 0 Å². The van der Waals surface area contributed by atoms with Crippen LogP contribution in [0.15, 0.2) is 6.20 Å². The fraction of sp³-hybridized carbons (Fsp3) is 0.333. The highest BCUT2D eigenvalue weighted by atomic mass is 19.4.